The Bertz CT molecular complexity index is 377. The van der Waals surface area contributed by atoms with E-state index >= 15 is 0 Å². The van der Waals surface area contributed by atoms with E-state index in [1.165, 1.54) is 17.8 Å². The predicted octanol–water partition coefficient (Wildman–Crippen LogP) is 3.35. The molecule has 16 heavy (non-hydrogen) atoms. The molecule has 0 bridgehead atoms. The fraction of sp³-hybridized carbons (Fsp3) is 0.583. The maximum absolute atomic E-state index is 12.3. The molecule has 1 aliphatic carbocycles. The van der Waals surface area contributed by atoms with Crippen molar-refractivity contribution in [1.82, 2.24) is 0 Å². The summed E-state index contributed by atoms with van der Waals surface area (Å²) in [6.07, 6.45) is 4.42. The van der Waals surface area contributed by atoms with Gasteiger partial charge in [-0.3, -0.25) is 4.79 Å². The summed E-state index contributed by atoms with van der Waals surface area (Å²) >= 11 is 7.23. The van der Waals surface area contributed by atoms with Crippen LogP contribution in [0.4, 0.5) is 0 Å². The second-order valence-corrected chi connectivity index (χ2v) is 6.07. The summed E-state index contributed by atoms with van der Waals surface area (Å²) in [7, 11) is 0. The van der Waals surface area contributed by atoms with Gasteiger partial charge in [0, 0.05) is 5.92 Å². The van der Waals surface area contributed by atoms with Gasteiger partial charge < -0.3 is 5.73 Å². The molecule has 0 aromatic carbocycles. The number of nitrogens with two attached hydrogens (primary N) is 1. The van der Waals surface area contributed by atoms with Crippen LogP contribution in [0.5, 0.6) is 0 Å². The van der Waals surface area contributed by atoms with E-state index in [1.807, 2.05) is 6.07 Å². The zero-order valence-electron chi connectivity index (χ0n) is 9.12. The lowest BCUT2D eigenvalue weighted by molar-refractivity contribution is 0.0834. The third-order valence-corrected chi connectivity index (χ3v) is 4.61. The van der Waals surface area contributed by atoms with Crippen LogP contribution in [-0.2, 0) is 0 Å². The molecular formula is C12H16ClNOS. The lowest BCUT2D eigenvalue weighted by atomic mass is 9.76. The molecule has 1 heterocycles. The van der Waals surface area contributed by atoms with E-state index in [0.717, 1.165) is 24.1 Å². The van der Waals surface area contributed by atoms with Crippen molar-refractivity contribution in [2.45, 2.75) is 25.7 Å². The van der Waals surface area contributed by atoms with Crippen molar-refractivity contribution in [2.75, 3.05) is 6.54 Å². The van der Waals surface area contributed by atoms with Crippen molar-refractivity contribution in [2.24, 2.45) is 17.6 Å². The third-order valence-electron chi connectivity index (χ3n) is 3.36. The summed E-state index contributed by atoms with van der Waals surface area (Å²) in [6, 6.07) is 3.62. The molecule has 2 atom stereocenters. The molecule has 1 aliphatic rings. The van der Waals surface area contributed by atoms with Crippen LogP contribution in [0.25, 0.3) is 0 Å². The van der Waals surface area contributed by atoms with E-state index in [9.17, 15) is 4.79 Å². The Morgan fingerprint density at radius 1 is 1.44 bits per heavy atom. The fourth-order valence-corrected chi connectivity index (χ4v) is 3.51. The highest BCUT2D eigenvalue weighted by atomic mass is 35.5. The maximum Gasteiger partial charge on any atom is 0.176 e. The quantitative estimate of drug-likeness (QED) is 0.844. The zero-order valence-corrected chi connectivity index (χ0v) is 10.7. The molecule has 0 radical (unpaired) electrons. The molecule has 0 saturated heterocycles. The molecule has 2 N–H and O–H groups in total. The van der Waals surface area contributed by atoms with Gasteiger partial charge in [0.25, 0.3) is 0 Å². The van der Waals surface area contributed by atoms with Crippen LogP contribution in [-0.4, -0.2) is 12.3 Å². The van der Waals surface area contributed by atoms with Crippen LogP contribution in [0.2, 0.25) is 4.34 Å². The Hall–Kier alpha value is -0.380. The lowest BCUT2D eigenvalue weighted by Gasteiger charge is -2.29. The van der Waals surface area contributed by atoms with Crippen LogP contribution in [0.3, 0.4) is 0 Å². The highest BCUT2D eigenvalue weighted by molar-refractivity contribution is 7.18. The Balaban J connectivity index is 2.13. The van der Waals surface area contributed by atoms with E-state index in [2.05, 4.69) is 0 Å². The van der Waals surface area contributed by atoms with Crippen molar-refractivity contribution < 1.29 is 4.79 Å². The van der Waals surface area contributed by atoms with Gasteiger partial charge in [-0.15, -0.1) is 11.3 Å². The monoisotopic (exact) mass is 257 g/mol. The Morgan fingerprint density at radius 2 is 2.19 bits per heavy atom. The first-order valence-electron chi connectivity index (χ1n) is 5.72. The highest BCUT2D eigenvalue weighted by Crippen LogP contribution is 2.34. The van der Waals surface area contributed by atoms with E-state index in [1.54, 1.807) is 6.07 Å². The zero-order chi connectivity index (χ0) is 11.5. The molecule has 0 amide bonds. The third kappa shape index (κ3) is 2.47. The molecule has 1 fully saturated rings. The van der Waals surface area contributed by atoms with E-state index in [4.69, 9.17) is 17.3 Å². The molecule has 88 valence electrons. The molecule has 1 aromatic heterocycles. The largest absolute Gasteiger partial charge is 0.330 e. The van der Waals surface area contributed by atoms with Gasteiger partial charge in [-0.25, -0.2) is 0 Å². The average molecular weight is 258 g/mol. The molecule has 2 nitrogen and oxygen atoms in total. The summed E-state index contributed by atoms with van der Waals surface area (Å²) in [4.78, 5) is 13.1. The molecule has 2 unspecified atom stereocenters. The molecular weight excluding hydrogens is 242 g/mol. The first-order chi connectivity index (χ1) is 7.72. The van der Waals surface area contributed by atoms with Crippen molar-refractivity contribution >= 4 is 28.7 Å². The number of rotatable bonds is 3. The summed E-state index contributed by atoms with van der Waals surface area (Å²) in [6.45, 7) is 0.621. The summed E-state index contributed by atoms with van der Waals surface area (Å²) < 4.78 is 0.684. The number of Topliss-reactive ketones (excluding diaryl/α,β-unsaturated/α-hetero) is 1. The van der Waals surface area contributed by atoms with Crippen LogP contribution >= 0.6 is 22.9 Å². The number of hydrogen-bond acceptors (Lipinski definition) is 3. The van der Waals surface area contributed by atoms with E-state index < -0.39 is 0 Å². The topological polar surface area (TPSA) is 43.1 Å². The van der Waals surface area contributed by atoms with E-state index in [0.29, 0.717) is 16.8 Å². The smallest absolute Gasteiger partial charge is 0.176 e. The number of halogens is 1. The normalized spacial score (nSPS) is 25.6. The SMILES string of the molecule is NCC1CCCCC1C(=O)c1ccc(Cl)s1. The summed E-state index contributed by atoms with van der Waals surface area (Å²) in [5.74, 6) is 0.725. The Labute approximate surface area is 105 Å². The molecule has 1 aromatic rings. The van der Waals surface area contributed by atoms with Crippen LogP contribution < -0.4 is 5.73 Å². The van der Waals surface area contributed by atoms with Gasteiger partial charge in [0.2, 0.25) is 0 Å². The molecule has 4 heteroatoms. The minimum Gasteiger partial charge on any atom is -0.330 e. The van der Waals surface area contributed by atoms with Gasteiger partial charge in [0.1, 0.15) is 0 Å². The second-order valence-electron chi connectivity index (χ2n) is 4.35. The van der Waals surface area contributed by atoms with Crippen molar-refractivity contribution in [3.8, 4) is 0 Å². The number of ketones is 1. The highest BCUT2D eigenvalue weighted by Gasteiger charge is 2.31. The molecule has 0 aliphatic heterocycles. The van der Waals surface area contributed by atoms with Crippen molar-refractivity contribution in [1.29, 1.82) is 0 Å². The minimum atomic E-state index is 0.119. The number of hydrogen-bond donors (Lipinski definition) is 1. The van der Waals surface area contributed by atoms with Gasteiger partial charge in [0.15, 0.2) is 5.78 Å². The Kier molecular flexibility index (Phi) is 4.00. The predicted molar refractivity (Wildman–Crippen MR) is 68.2 cm³/mol. The summed E-state index contributed by atoms with van der Waals surface area (Å²) in [5, 5.41) is 0. The van der Waals surface area contributed by atoms with Crippen molar-refractivity contribution in [3.63, 3.8) is 0 Å². The van der Waals surface area contributed by atoms with Crippen LogP contribution in [0, 0.1) is 11.8 Å². The molecule has 0 spiro atoms. The standard InChI is InChI=1S/C12H16ClNOS/c13-11-6-5-10(16-11)12(15)9-4-2-1-3-8(9)7-14/h5-6,8-9H,1-4,7,14H2. The van der Waals surface area contributed by atoms with Crippen LogP contribution in [0.15, 0.2) is 12.1 Å². The number of thiophene rings is 1. The Morgan fingerprint density at radius 3 is 2.81 bits per heavy atom. The van der Waals surface area contributed by atoms with Gasteiger partial charge in [-0.2, -0.15) is 0 Å². The summed E-state index contributed by atoms with van der Waals surface area (Å²) in [5.41, 5.74) is 5.74. The van der Waals surface area contributed by atoms with Gasteiger partial charge in [0.05, 0.1) is 9.21 Å². The lowest BCUT2D eigenvalue weighted by Crippen LogP contribution is -2.32. The van der Waals surface area contributed by atoms with Gasteiger partial charge >= 0.3 is 0 Å². The van der Waals surface area contributed by atoms with E-state index in [-0.39, 0.29) is 11.7 Å². The number of carbonyl (C=O) groups is 1. The first kappa shape index (κ1) is 12.1. The molecule has 2 rings (SSSR count). The van der Waals surface area contributed by atoms with Gasteiger partial charge in [-0.1, -0.05) is 24.4 Å². The fourth-order valence-electron chi connectivity index (χ4n) is 2.46. The molecule has 1 saturated carbocycles. The number of carbonyl (C=O) groups excluding carboxylic acids is 1. The second kappa shape index (κ2) is 5.30. The van der Waals surface area contributed by atoms with Crippen LogP contribution in [0.1, 0.15) is 35.4 Å². The first-order valence-corrected chi connectivity index (χ1v) is 6.91. The minimum absolute atomic E-state index is 0.119. The average Bonchev–Trinajstić information content (AvgIpc) is 2.75. The maximum atomic E-state index is 12.3. The van der Waals surface area contributed by atoms with Gasteiger partial charge in [-0.05, 0) is 37.4 Å². The van der Waals surface area contributed by atoms with Crippen molar-refractivity contribution in [3.05, 3.63) is 21.3 Å².